The molecule has 5 nitrogen and oxygen atoms in total. The molecule has 0 saturated carbocycles. The number of hydrogen-bond donors (Lipinski definition) is 1. The standard InChI is InChI=1S/C19H32N4O/c1-3-22(4-2)14-15-24-18-11-7-6-10-17(18)16-21-19(20)23-12-8-5-9-13-23/h6-7,10-11H,3-5,8-9,12-16H2,1-2H3,(H2,20,21). The summed E-state index contributed by atoms with van der Waals surface area (Å²) in [5.74, 6) is 1.58. The second kappa shape index (κ2) is 10.2. The normalized spacial score (nSPS) is 15.8. The molecule has 1 heterocycles. The fourth-order valence-corrected chi connectivity index (χ4v) is 2.99. The second-order valence-electron chi connectivity index (χ2n) is 6.21. The number of nitrogens with two attached hydrogens (primary N) is 1. The molecule has 0 amide bonds. The molecule has 5 heteroatoms. The lowest BCUT2D eigenvalue weighted by Crippen LogP contribution is -2.40. The van der Waals surface area contributed by atoms with Gasteiger partial charge in [0.05, 0.1) is 6.54 Å². The zero-order valence-corrected chi connectivity index (χ0v) is 15.2. The number of likely N-dealkylation sites (N-methyl/N-ethyl adjacent to an activating group) is 1. The Labute approximate surface area is 146 Å². The van der Waals surface area contributed by atoms with Crippen LogP contribution in [0, 0.1) is 0 Å². The summed E-state index contributed by atoms with van der Waals surface area (Å²) in [5, 5.41) is 0. The van der Waals surface area contributed by atoms with Crippen molar-refractivity contribution >= 4 is 5.96 Å². The lowest BCUT2D eigenvalue weighted by Gasteiger charge is -2.27. The summed E-state index contributed by atoms with van der Waals surface area (Å²) >= 11 is 0. The van der Waals surface area contributed by atoms with Gasteiger partial charge in [-0.3, -0.25) is 0 Å². The molecule has 0 bridgehead atoms. The molecule has 2 N–H and O–H groups in total. The van der Waals surface area contributed by atoms with Gasteiger partial charge in [-0.05, 0) is 38.4 Å². The van der Waals surface area contributed by atoms with E-state index >= 15 is 0 Å². The van der Waals surface area contributed by atoms with Crippen molar-refractivity contribution < 1.29 is 4.74 Å². The van der Waals surface area contributed by atoms with Crippen molar-refractivity contribution in [2.75, 3.05) is 39.3 Å². The summed E-state index contributed by atoms with van der Waals surface area (Å²) < 4.78 is 5.98. The van der Waals surface area contributed by atoms with E-state index in [1.807, 2.05) is 18.2 Å². The highest BCUT2D eigenvalue weighted by Gasteiger charge is 2.12. The minimum absolute atomic E-state index is 0.573. The van der Waals surface area contributed by atoms with E-state index in [1.54, 1.807) is 0 Å². The molecule has 0 radical (unpaired) electrons. The summed E-state index contributed by atoms with van der Waals surface area (Å²) in [6, 6.07) is 8.12. The fraction of sp³-hybridized carbons (Fsp3) is 0.632. The van der Waals surface area contributed by atoms with Crippen molar-refractivity contribution in [2.45, 2.75) is 39.7 Å². The highest BCUT2D eigenvalue weighted by Crippen LogP contribution is 2.19. The predicted octanol–water partition coefficient (Wildman–Crippen LogP) is 2.71. The highest BCUT2D eigenvalue weighted by atomic mass is 16.5. The Bertz CT molecular complexity index is 508. The minimum atomic E-state index is 0.573. The van der Waals surface area contributed by atoms with Crippen LogP contribution in [0.5, 0.6) is 5.75 Å². The average Bonchev–Trinajstić information content (AvgIpc) is 2.65. The quantitative estimate of drug-likeness (QED) is 0.587. The molecule has 2 rings (SSSR count). The van der Waals surface area contributed by atoms with Crippen LogP contribution < -0.4 is 10.5 Å². The van der Waals surface area contributed by atoms with Crippen molar-refractivity contribution in [1.29, 1.82) is 0 Å². The van der Waals surface area contributed by atoms with E-state index in [0.717, 1.165) is 44.0 Å². The third-order valence-corrected chi connectivity index (χ3v) is 4.62. The van der Waals surface area contributed by atoms with Crippen LogP contribution in [0.15, 0.2) is 29.3 Å². The van der Waals surface area contributed by atoms with Crippen LogP contribution in [0.4, 0.5) is 0 Å². The first kappa shape index (κ1) is 18.6. The van der Waals surface area contributed by atoms with Crippen molar-refractivity contribution in [2.24, 2.45) is 10.7 Å². The van der Waals surface area contributed by atoms with Gasteiger partial charge in [0.15, 0.2) is 5.96 Å². The fourth-order valence-electron chi connectivity index (χ4n) is 2.99. The lowest BCUT2D eigenvalue weighted by atomic mass is 10.1. The maximum Gasteiger partial charge on any atom is 0.191 e. The van der Waals surface area contributed by atoms with Crippen molar-refractivity contribution in [3.63, 3.8) is 0 Å². The average molecular weight is 332 g/mol. The van der Waals surface area contributed by atoms with Crippen LogP contribution in [0.2, 0.25) is 0 Å². The van der Waals surface area contributed by atoms with Gasteiger partial charge >= 0.3 is 0 Å². The minimum Gasteiger partial charge on any atom is -0.492 e. The number of likely N-dealkylation sites (tertiary alicyclic amines) is 1. The first-order chi connectivity index (χ1) is 11.7. The molecular formula is C19H32N4O. The molecule has 0 unspecified atom stereocenters. The van der Waals surface area contributed by atoms with E-state index in [1.165, 1.54) is 19.3 Å². The number of nitrogens with zero attached hydrogens (tertiary/aromatic N) is 3. The van der Waals surface area contributed by atoms with Crippen LogP contribution in [0.25, 0.3) is 0 Å². The van der Waals surface area contributed by atoms with Crippen LogP contribution in [-0.4, -0.2) is 55.1 Å². The predicted molar refractivity (Wildman–Crippen MR) is 100 cm³/mol. The number of hydrogen-bond acceptors (Lipinski definition) is 3. The molecule has 1 fully saturated rings. The van der Waals surface area contributed by atoms with Crippen molar-refractivity contribution in [3.05, 3.63) is 29.8 Å². The van der Waals surface area contributed by atoms with Crippen LogP contribution in [0.1, 0.15) is 38.7 Å². The molecule has 0 aliphatic carbocycles. The molecule has 24 heavy (non-hydrogen) atoms. The number of rotatable bonds is 8. The molecule has 1 aliphatic heterocycles. The molecule has 134 valence electrons. The smallest absolute Gasteiger partial charge is 0.191 e. The molecule has 1 aliphatic rings. The van der Waals surface area contributed by atoms with Gasteiger partial charge in [-0.2, -0.15) is 0 Å². The molecule has 0 atom stereocenters. The third kappa shape index (κ3) is 5.71. The summed E-state index contributed by atoms with van der Waals surface area (Å²) in [7, 11) is 0. The number of guanidine groups is 1. The Kier molecular flexibility index (Phi) is 7.89. The summed E-state index contributed by atoms with van der Waals surface area (Å²) in [5.41, 5.74) is 7.25. The summed E-state index contributed by atoms with van der Waals surface area (Å²) in [6.07, 6.45) is 3.72. The topological polar surface area (TPSA) is 54.1 Å². The van der Waals surface area contributed by atoms with E-state index in [2.05, 4.69) is 34.7 Å². The largest absolute Gasteiger partial charge is 0.492 e. The Hall–Kier alpha value is -1.75. The van der Waals surface area contributed by atoms with Crippen LogP contribution >= 0.6 is 0 Å². The van der Waals surface area contributed by atoms with E-state index in [9.17, 15) is 0 Å². The van der Waals surface area contributed by atoms with Crippen LogP contribution in [-0.2, 0) is 6.54 Å². The first-order valence-electron chi connectivity index (χ1n) is 9.22. The number of piperidine rings is 1. The van der Waals surface area contributed by atoms with Gasteiger partial charge < -0.3 is 20.3 Å². The van der Waals surface area contributed by atoms with Gasteiger partial charge in [0, 0.05) is 25.2 Å². The number of aliphatic imine (C=N–C) groups is 1. The Morgan fingerprint density at radius 3 is 2.58 bits per heavy atom. The van der Waals surface area contributed by atoms with E-state index in [0.29, 0.717) is 19.1 Å². The monoisotopic (exact) mass is 332 g/mol. The van der Waals surface area contributed by atoms with Gasteiger partial charge in [0.25, 0.3) is 0 Å². The van der Waals surface area contributed by atoms with Crippen molar-refractivity contribution in [3.8, 4) is 5.75 Å². The first-order valence-corrected chi connectivity index (χ1v) is 9.22. The van der Waals surface area contributed by atoms with E-state index in [4.69, 9.17) is 10.5 Å². The third-order valence-electron chi connectivity index (χ3n) is 4.62. The van der Waals surface area contributed by atoms with Crippen molar-refractivity contribution in [1.82, 2.24) is 9.80 Å². The molecule has 0 spiro atoms. The SMILES string of the molecule is CCN(CC)CCOc1ccccc1CN=C(N)N1CCCCC1. The molecule has 1 aromatic carbocycles. The van der Waals surface area contributed by atoms with E-state index < -0.39 is 0 Å². The van der Waals surface area contributed by atoms with Gasteiger partial charge in [0.2, 0.25) is 0 Å². The van der Waals surface area contributed by atoms with Crippen LogP contribution in [0.3, 0.4) is 0 Å². The molecule has 1 saturated heterocycles. The Balaban J connectivity index is 1.90. The number of ether oxygens (including phenoxy) is 1. The number of benzene rings is 1. The molecular weight excluding hydrogens is 300 g/mol. The zero-order chi connectivity index (χ0) is 17.2. The van der Waals surface area contributed by atoms with Gasteiger partial charge in [-0.1, -0.05) is 32.0 Å². The zero-order valence-electron chi connectivity index (χ0n) is 15.2. The highest BCUT2D eigenvalue weighted by molar-refractivity contribution is 5.78. The maximum absolute atomic E-state index is 6.15. The number of para-hydroxylation sites is 1. The lowest BCUT2D eigenvalue weighted by molar-refractivity contribution is 0.221. The Morgan fingerprint density at radius 2 is 1.88 bits per heavy atom. The Morgan fingerprint density at radius 1 is 1.17 bits per heavy atom. The summed E-state index contributed by atoms with van der Waals surface area (Å²) in [6.45, 7) is 10.7. The van der Waals surface area contributed by atoms with Gasteiger partial charge in [-0.15, -0.1) is 0 Å². The summed E-state index contributed by atoms with van der Waals surface area (Å²) in [4.78, 5) is 9.13. The van der Waals surface area contributed by atoms with E-state index in [-0.39, 0.29) is 0 Å². The molecule has 1 aromatic rings. The van der Waals surface area contributed by atoms with Gasteiger partial charge in [0.1, 0.15) is 12.4 Å². The second-order valence-corrected chi connectivity index (χ2v) is 6.21. The maximum atomic E-state index is 6.15. The molecule has 0 aromatic heterocycles. The van der Waals surface area contributed by atoms with Gasteiger partial charge in [-0.25, -0.2) is 4.99 Å².